The zero-order chi connectivity index (χ0) is 19.3. The number of carboxylic acid groups (broad SMARTS) is 1. The number of hydrogen-bond donors (Lipinski definition) is 3. The van der Waals surface area contributed by atoms with Crippen molar-refractivity contribution < 1.29 is 27.9 Å². The van der Waals surface area contributed by atoms with E-state index in [1.54, 1.807) is 18.2 Å². The average Bonchev–Trinajstić information content (AvgIpc) is 2.55. The van der Waals surface area contributed by atoms with E-state index in [1.807, 2.05) is 22.6 Å². The Labute approximate surface area is 160 Å². The van der Waals surface area contributed by atoms with Crippen molar-refractivity contribution in [1.29, 1.82) is 0 Å². The van der Waals surface area contributed by atoms with Gasteiger partial charge in [-0.15, -0.1) is 0 Å². The van der Waals surface area contributed by atoms with E-state index in [4.69, 9.17) is 5.11 Å². The highest BCUT2D eigenvalue weighted by molar-refractivity contribution is 14.1. The quantitative estimate of drug-likeness (QED) is 0.543. The molecule has 2 rings (SSSR count). The molecule has 26 heavy (non-hydrogen) atoms. The number of nitrogens with one attached hydrogen (secondary N) is 2. The first-order valence-corrected chi connectivity index (χ1v) is 8.48. The minimum absolute atomic E-state index is 0.0284. The second-order valence-electron chi connectivity index (χ2n) is 5.29. The van der Waals surface area contributed by atoms with Crippen molar-refractivity contribution >= 4 is 45.8 Å². The van der Waals surface area contributed by atoms with Crippen molar-refractivity contribution in [3.05, 3.63) is 57.2 Å². The summed E-state index contributed by atoms with van der Waals surface area (Å²) in [6.07, 6.45) is -4.63. The molecule has 9 heteroatoms. The molecule has 2 aromatic carbocycles. The van der Waals surface area contributed by atoms with Gasteiger partial charge in [-0.2, -0.15) is 13.2 Å². The summed E-state index contributed by atoms with van der Waals surface area (Å²) in [4.78, 5) is 22.8. The largest absolute Gasteiger partial charge is 0.481 e. The molecule has 0 atom stereocenters. The highest BCUT2D eigenvalue weighted by Gasteiger charge is 2.29. The van der Waals surface area contributed by atoms with Crippen LogP contribution in [0.5, 0.6) is 0 Å². The van der Waals surface area contributed by atoms with E-state index < -0.39 is 23.6 Å². The summed E-state index contributed by atoms with van der Waals surface area (Å²) in [5.41, 5.74) is 0.288. The van der Waals surface area contributed by atoms with Crippen molar-refractivity contribution in [2.45, 2.75) is 12.6 Å². The monoisotopic (exact) mass is 478 g/mol. The molecule has 5 nitrogen and oxygen atoms in total. The summed E-state index contributed by atoms with van der Waals surface area (Å²) in [5, 5.41) is 14.0. The van der Waals surface area contributed by atoms with Gasteiger partial charge in [0.25, 0.3) is 5.91 Å². The predicted octanol–water partition coefficient (Wildman–Crippen LogP) is 4.26. The Morgan fingerprint density at radius 3 is 2.31 bits per heavy atom. The molecule has 138 valence electrons. The predicted molar refractivity (Wildman–Crippen MR) is 98.5 cm³/mol. The maximum Gasteiger partial charge on any atom is 0.416 e. The van der Waals surface area contributed by atoms with Crippen molar-refractivity contribution in [3.8, 4) is 0 Å². The van der Waals surface area contributed by atoms with Gasteiger partial charge in [0, 0.05) is 15.8 Å². The van der Waals surface area contributed by atoms with Gasteiger partial charge in [0.05, 0.1) is 23.2 Å². The molecule has 0 aliphatic carbocycles. The number of hydrogen-bond acceptors (Lipinski definition) is 3. The third-order valence-corrected chi connectivity index (χ3v) is 4.01. The lowest BCUT2D eigenvalue weighted by molar-refractivity contribution is -0.138. The fourth-order valence-corrected chi connectivity index (χ4v) is 2.58. The van der Waals surface area contributed by atoms with Crippen molar-refractivity contribution in [2.24, 2.45) is 0 Å². The van der Waals surface area contributed by atoms with Crippen LogP contribution in [0.25, 0.3) is 0 Å². The summed E-state index contributed by atoms with van der Waals surface area (Å²) in [6, 6.07) is 9.40. The lowest BCUT2D eigenvalue weighted by Crippen LogP contribution is -2.26. The van der Waals surface area contributed by atoms with Crippen LogP contribution in [0.1, 0.15) is 22.3 Å². The Balaban J connectivity index is 2.19. The number of aliphatic carboxylic acids is 1. The number of rotatable bonds is 6. The van der Waals surface area contributed by atoms with Crippen LogP contribution in [0.3, 0.4) is 0 Å². The Kier molecular flexibility index (Phi) is 6.46. The van der Waals surface area contributed by atoms with E-state index in [-0.39, 0.29) is 18.5 Å². The fourth-order valence-electron chi connectivity index (χ4n) is 2.09. The molecule has 2 aromatic rings. The van der Waals surface area contributed by atoms with Gasteiger partial charge in [0.1, 0.15) is 0 Å². The Hall–Kier alpha value is -2.30. The summed E-state index contributed by atoms with van der Waals surface area (Å²) >= 11 is 2.02. The third-order valence-electron chi connectivity index (χ3n) is 3.34. The van der Waals surface area contributed by atoms with E-state index in [2.05, 4.69) is 10.6 Å². The molecule has 0 fully saturated rings. The van der Waals surface area contributed by atoms with Crippen LogP contribution < -0.4 is 10.6 Å². The number of anilines is 2. The van der Waals surface area contributed by atoms with E-state index >= 15 is 0 Å². The average molecular weight is 478 g/mol. The molecule has 0 aromatic heterocycles. The van der Waals surface area contributed by atoms with Gasteiger partial charge in [0.2, 0.25) is 0 Å². The van der Waals surface area contributed by atoms with Gasteiger partial charge in [-0.05, 0) is 65.1 Å². The zero-order valence-electron chi connectivity index (χ0n) is 13.2. The molecule has 0 heterocycles. The van der Waals surface area contributed by atoms with E-state index in [1.165, 1.54) is 12.1 Å². The first-order chi connectivity index (χ1) is 12.2. The number of halogens is 4. The normalized spacial score (nSPS) is 11.1. The van der Waals surface area contributed by atoms with Crippen molar-refractivity contribution in [1.82, 2.24) is 5.32 Å². The number of alkyl halides is 3. The van der Waals surface area contributed by atoms with Crippen molar-refractivity contribution in [3.63, 3.8) is 0 Å². The van der Waals surface area contributed by atoms with Crippen molar-refractivity contribution in [2.75, 3.05) is 11.9 Å². The molecule has 0 aliphatic heterocycles. The van der Waals surface area contributed by atoms with Crippen LogP contribution in [-0.4, -0.2) is 23.5 Å². The summed E-state index contributed by atoms with van der Waals surface area (Å²) < 4.78 is 38.6. The molecule has 0 unspecified atom stereocenters. The highest BCUT2D eigenvalue weighted by atomic mass is 127. The second kappa shape index (κ2) is 8.39. The fraction of sp³-hybridized carbons (Fsp3) is 0.176. The lowest BCUT2D eigenvalue weighted by Gasteiger charge is -2.14. The van der Waals surface area contributed by atoms with E-state index in [9.17, 15) is 22.8 Å². The van der Waals surface area contributed by atoms with Crippen LogP contribution in [0.4, 0.5) is 24.5 Å². The second-order valence-corrected chi connectivity index (χ2v) is 6.54. The topological polar surface area (TPSA) is 78.4 Å². The third kappa shape index (κ3) is 5.61. The van der Waals surface area contributed by atoms with Gasteiger partial charge < -0.3 is 15.7 Å². The molecular formula is C17H14F3IN2O3. The Morgan fingerprint density at radius 1 is 1.08 bits per heavy atom. The summed E-state index contributed by atoms with van der Waals surface area (Å²) in [7, 11) is 0. The van der Waals surface area contributed by atoms with Crippen LogP contribution in [0, 0.1) is 3.57 Å². The van der Waals surface area contributed by atoms with Crippen LogP contribution in [0.15, 0.2) is 42.5 Å². The van der Waals surface area contributed by atoms with Gasteiger partial charge in [0.15, 0.2) is 0 Å². The Morgan fingerprint density at radius 2 is 1.73 bits per heavy atom. The molecule has 1 amide bonds. The molecule has 0 spiro atoms. The van der Waals surface area contributed by atoms with E-state index in [0.717, 1.165) is 15.7 Å². The van der Waals surface area contributed by atoms with Crippen LogP contribution >= 0.6 is 22.6 Å². The molecule has 3 N–H and O–H groups in total. The molecule has 0 bridgehead atoms. The van der Waals surface area contributed by atoms with Gasteiger partial charge in [-0.25, -0.2) is 0 Å². The minimum atomic E-state index is -4.42. The van der Waals surface area contributed by atoms with Crippen LogP contribution in [-0.2, 0) is 11.0 Å². The molecular weight excluding hydrogens is 464 g/mol. The molecule has 0 saturated heterocycles. The van der Waals surface area contributed by atoms with E-state index in [0.29, 0.717) is 11.4 Å². The van der Waals surface area contributed by atoms with Gasteiger partial charge in [-0.3, -0.25) is 9.59 Å². The maximum atomic E-state index is 12.6. The highest BCUT2D eigenvalue weighted by Crippen LogP contribution is 2.31. The number of amides is 1. The molecule has 0 saturated carbocycles. The first kappa shape index (κ1) is 20.0. The zero-order valence-corrected chi connectivity index (χ0v) is 15.4. The summed E-state index contributed by atoms with van der Waals surface area (Å²) in [5.74, 6) is -1.50. The lowest BCUT2D eigenvalue weighted by atomic mass is 10.1. The SMILES string of the molecule is O=C(O)CCNC(=O)c1cc(I)ccc1Nc1ccc(C(F)(F)F)cc1. The van der Waals surface area contributed by atoms with Gasteiger partial charge >= 0.3 is 12.1 Å². The number of carbonyl (C=O) groups excluding carboxylic acids is 1. The maximum absolute atomic E-state index is 12.6. The summed E-state index contributed by atoms with van der Waals surface area (Å²) in [6.45, 7) is -0.0284. The standard InChI is InChI=1S/C17H14F3IN2O3/c18-17(19,20)10-1-4-12(5-2-10)23-14-6-3-11(21)9-13(14)16(26)22-8-7-15(24)25/h1-6,9,23H,7-8H2,(H,22,26)(H,24,25). The smallest absolute Gasteiger partial charge is 0.416 e. The van der Waals surface area contributed by atoms with Gasteiger partial charge in [-0.1, -0.05) is 0 Å². The van der Waals surface area contributed by atoms with Crippen LogP contribution in [0.2, 0.25) is 0 Å². The Bertz CT molecular complexity index is 808. The number of carbonyl (C=O) groups is 2. The number of carboxylic acids is 1. The molecule has 0 radical (unpaired) electrons. The number of benzene rings is 2. The molecule has 0 aliphatic rings. The first-order valence-electron chi connectivity index (χ1n) is 7.40. The minimum Gasteiger partial charge on any atom is -0.481 e.